The van der Waals surface area contributed by atoms with E-state index in [4.69, 9.17) is 4.84 Å². The highest BCUT2D eigenvalue weighted by molar-refractivity contribution is 5.90. The molecule has 0 saturated carbocycles. The van der Waals surface area contributed by atoms with Crippen LogP contribution in [0.25, 0.3) is 6.08 Å². The maximum atomic E-state index is 11.2. The first kappa shape index (κ1) is 10.4. The van der Waals surface area contributed by atoms with Crippen LogP contribution in [-0.4, -0.2) is 30.1 Å². The fraction of sp³-hybridized carbons (Fsp3) is 0.200. The summed E-state index contributed by atoms with van der Waals surface area (Å²) in [4.78, 5) is 19.8. The molecule has 0 aliphatic carbocycles. The monoisotopic (exact) mass is 192 g/mol. The van der Waals surface area contributed by atoms with E-state index in [2.05, 4.69) is 4.98 Å². The van der Waals surface area contributed by atoms with Crippen LogP contribution in [0.5, 0.6) is 0 Å². The Hall–Kier alpha value is -1.68. The molecule has 1 amide bonds. The minimum absolute atomic E-state index is 0.204. The fourth-order valence-electron chi connectivity index (χ4n) is 0.837. The number of hydrogen-bond donors (Lipinski definition) is 0. The Labute approximate surface area is 82.8 Å². The summed E-state index contributed by atoms with van der Waals surface area (Å²) in [5.41, 5.74) is 0.929. The Morgan fingerprint density at radius 1 is 1.50 bits per heavy atom. The second-order valence-corrected chi connectivity index (χ2v) is 2.63. The molecule has 1 aromatic rings. The summed E-state index contributed by atoms with van der Waals surface area (Å²) < 4.78 is 0. The van der Waals surface area contributed by atoms with Crippen molar-refractivity contribution in [3.05, 3.63) is 36.2 Å². The van der Waals surface area contributed by atoms with E-state index in [1.165, 1.54) is 13.2 Å². The van der Waals surface area contributed by atoms with Crippen LogP contribution < -0.4 is 0 Å². The lowest BCUT2D eigenvalue weighted by molar-refractivity contribution is -0.162. The summed E-state index contributed by atoms with van der Waals surface area (Å²) in [6.45, 7) is 0. The van der Waals surface area contributed by atoms with E-state index in [0.29, 0.717) is 0 Å². The zero-order chi connectivity index (χ0) is 10.4. The van der Waals surface area contributed by atoms with Crippen molar-refractivity contribution in [1.29, 1.82) is 0 Å². The smallest absolute Gasteiger partial charge is 0.269 e. The van der Waals surface area contributed by atoms with Crippen LogP contribution in [0.15, 0.2) is 30.6 Å². The van der Waals surface area contributed by atoms with Gasteiger partial charge in [0.05, 0.1) is 7.11 Å². The van der Waals surface area contributed by atoms with Crippen molar-refractivity contribution in [3.63, 3.8) is 0 Å². The molecule has 4 nitrogen and oxygen atoms in total. The normalized spacial score (nSPS) is 10.4. The van der Waals surface area contributed by atoms with Gasteiger partial charge in [-0.1, -0.05) is 0 Å². The van der Waals surface area contributed by atoms with E-state index in [-0.39, 0.29) is 5.91 Å². The number of likely N-dealkylation sites (N-methyl/N-ethyl adjacent to an activating group) is 1. The molecule has 0 unspecified atom stereocenters. The van der Waals surface area contributed by atoms with Crippen molar-refractivity contribution in [2.75, 3.05) is 14.2 Å². The molecule has 0 aromatic carbocycles. The van der Waals surface area contributed by atoms with Crippen LogP contribution in [-0.2, 0) is 9.63 Å². The quantitative estimate of drug-likeness (QED) is 0.532. The van der Waals surface area contributed by atoms with Crippen molar-refractivity contribution in [1.82, 2.24) is 10.0 Å². The second-order valence-electron chi connectivity index (χ2n) is 2.63. The number of hydroxylamine groups is 2. The molecule has 14 heavy (non-hydrogen) atoms. The predicted octanol–water partition coefficient (Wildman–Crippen LogP) is 1.11. The van der Waals surface area contributed by atoms with E-state index in [1.54, 1.807) is 25.5 Å². The number of rotatable bonds is 3. The maximum absolute atomic E-state index is 11.2. The van der Waals surface area contributed by atoms with Gasteiger partial charge in [0.25, 0.3) is 5.91 Å². The van der Waals surface area contributed by atoms with Gasteiger partial charge in [-0.3, -0.25) is 14.6 Å². The van der Waals surface area contributed by atoms with Crippen molar-refractivity contribution >= 4 is 12.0 Å². The van der Waals surface area contributed by atoms with Crippen molar-refractivity contribution in [2.24, 2.45) is 0 Å². The maximum Gasteiger partial charge on any atom is 0.269 e. The minimum atomic E-state index is -0.204. The van der Waals surface area contributed by atoms with E-state index >= 15 is 0 Å². The van der Waals surface area contributed by atoms with E-state index in [1.807, 2.05) is 12.1 Å². The first-order valence-corrected chi connectivity index (χ1v) is 4.14. The van der Waals surface area contributed by atoms with Gasteiger partial charge in [-0.25, -0.2) is 5.06 Å². The Bertz CT molecular complexity index is 322. The number of carbonyl (C=O) groups excluding carboxylic acids is 1. The lowest BCUT2D eigenvalue weighted by Crippen LogP contribution is -2.22. The van der Waals surface area contributed by atoms with Gasteiger partial charge < -0.3 is 0 Å². The van der Waals surface area contributed by atoms with Crippen molar-refractivity contribution < 1.29 is 9.63 Å². The third-order valence-electron chi connectivity index (χ3n) is 1.71. The number of amides is 1. The highest BCUT2D eigenvalue weighted by atomic mass is 16.7. The molecular weight excluding hydrogens is 180 g/mol. The van der Waals surface area contributed by atoms with Crippen LogP contribution in [0, 0.1) is 0 Å². The van der Waals surface area contributed by atoms with Gasteiger partial charge in [-0.2, -0.15) is 0 Å². The summed E-state index contributed by atoms with van der Waals surface area (Å²) >= 11 is 0. The highest BCUT2D eigenvalue weighted by Gasteiger charge is 2.01. The zero-order valence-corrected chi connectivity index (χ0v) is 8.18. The molecule has 0 bridgehead atoms. The Balaban J connectivity index is 2.61. The molecule has 0 aliphatic rings. The third-order valence-corrected chi connectivity index (χ3v) is 1.71. The average molecular weight is 192 g/mol. The van der Waals surface area contributed by atoms with Crippen LogP contribution >= 0.6 is 0 Å². The number of hydrogen-bond acceptors (Lipinski definition) is 3. The molecule has 0 fully saturated rings. The lowest BCUT2D eigenvalue weighted by atomic mass is 10.2. The first-order valence-electron chi connectivity index (χ1n) is 4.14. The Kier molecular flexibility index (Phi) is 3.82. The molecule has 1 heterocycles. The van der Waals surface area contributed by atoms with E-state index in [9.17, 15) is 4.79 Å². The molecule has 0 spiro atoms. The van der Waals surface area contributed by atoms with Crippen molar-refractivity contribution in [2.45, 2.75) is 0 Å². The highest BCUT2D eigenvalue weighted by Crippen LogP contribution is 1.99. The summed E-state index contributed by atoms with van der Waals surface area (Å²) in [5.74, 6) is -0.204. The van der Waals surface area contributed by atoms with Crippen LogP contribution in [0.3, 0.4) is 0 Å². The largest absolute Gasteiger partial charge is 0.274 e. The standard InChI is InChI=1S/C10H12N2O2/c1-12(14-2)10(13)4-3-9-5-7-11-8-6-9/h3-8H,1-2H3. The van der Waals surface area contributed by atoms with Gasteiger partial charge in [0.2, 0.25) is 0 Å². The Morgan fingerprint density at radius 3 is 2.71 bits per heavy atom. The number of carbonyl (C=O) groups is 1. The molecular formula is C10H12N2O2. The fourth-order valence-corrected chi connectivity index (χ4v) is 0.837. The molecule has 1 aromatic heterocycles. The van der Waals surface area contributed by atoms with Gasteiger partial charge >= 0.3 is 0 Å². The molecule has 0 saturated heterocycles. The van der Waals surface area contributed by atoms with Gasteiger partial charge in [-0.05, 0) is 23.8 Å². The topological polar surface area (TPSA) is 42.4 Å². The van der Waals surface area contributed by atoms with E-state index < -0.39 is 0 Å². The van der Waals surface area contributed by atoms with Crippen LogP contribution in [0.2, 0.25) is 0 Å². The minimum Gasteiger partial charge on any atom is -0.274 e. The molecule has 0 N–H and O–H groups in total. The molecule has 4 heteroatoms. The number of nitrogens with zero attached hydrogens (tertiary/aromatic N) is 2. The van der Waals surface area contributed by atoms with Gasteiger partial charge in [-0.15, -0.1) is 0 Å². The molecule has 74 valence electrons. The summed E-state index contributed by atoms with van der Waals surface area (Å²) in [6.07, 6.45) is 6.49. The van der Waals surface area contributed by atoms with Gasteiger partial charge in [0.1, 0.15) is 0 Å². The molecule has 0 aliphatic heterocycles. The summed E-state index contributed by atoms with van der Waals surface area (Å²) in [7, 11) is 3.00. The number of aromatic nitrogens is 1. The van der Waals surface area contributed by atoms with E-state index in [0.717, 1.165) is 10.6 Å². The predicted molar refractivity (Wildman–Crippen MR) is 53.1 cm³/mol. The zero-order valence-electron chi connectivity index (χ0n) is 8.18. The number of pyridine rings is 1. The molecule has 0 atom stereocenters. The second kappa shape index (κ2) is 5.14. The SMILES string of the molecule is CON(C)C(=O)C=Cc1ccncc1. The van der Waals surface area contributed by atoms with Crippen molar-refractivity contribution in [3.8, 4) is 0 Å². The third kappa shape index (κ3) is 2.99. The van der Waals surface area contributed by atoms with Crippen LogP contribution in [0.1, 0.15) is 5.56 Å². The summed E-state index contributed by atoms with van der Waals surface area (Å²) in [5, 5.41) is 1.15. The lowest BCUT2D eigenvalue weighted by Gasteiger charge is -2.09. The molecule has 0 radical (unpaired) electrons. The average Bonchev–Trinajstić information content (AvgIpc) is 2.26. The summed E-state index contributed by atoms with van der Waals surface area (Å²) in [6, 6.07) is 3.63. The van der Waals surface area contributed by atoms with Gasteiger partial charge in [0, 0.05) is 25.5 Å². The van der Waals surface area contributed by atoms with Crippen LogP contribution in [0.4, 0.5) is 0 Å². The van der Waals surface area contributed by atoms with Gasteiger partial charge in [0.15, 0.2) is 0 Å². The molecule has 1 rings (SSSR count). The Morgan fingerprint density at radius 2 is 2.14 bits per heavy atom. The first-order chi connectivity index (χ1) is 6.74.